The van der Waals surface area contributed by atoms with Gasteiger partial charge in [-0.1, -0.05) is 180 Å². The van der Waals surface area contributed by atoms with Gasteiger partial charge in [0.25, 0.3) is 14.8 Å². The van der Waals surface area contributed by atoms with Crippen molar-refractivity contribution in [3.63, 3.8) is 0 Å². The monoisotopic (exact) mass is 1080 g/mol. The smallest absolute Gasteiger partial charge is 0.279 e. The molecule has 0 heterocycles. The molecular formula is C50H110Cl4N2SSi6. The Morgan fingerprint density at radius 1 is 0.349 bits per heavy atom. The number of rotatable bonds is 32. The van der Waals surface area contributed by atoms with Crippen molar-refractivity contribution in [2.45, 2.75) is 295 Å². The van der Waals surface area contributed by atoms with E-state index in [4.69, 9.17) is 44.3 Å². The molecule has 0 spiro atoms. The van der Waals surface area contributed by atoms with Gasteiger partial charge < -0.3 is 8.46 Å². The van der Waals surface area contributed by atoms with Crippen LogP contribution < -0.4 is 0 Å². The van der Waals surface area contributed by atoms with Gasteiger partial charge in [-0.2, -0.15) is 11.8 Å². The van der Waals surface area contributed by atoms with Crippen molar-refractivity contribution in [3.05, 3.63) is 0 Å². The van der Waals surface area contributed by atoms with Crippen molar-refractivity contribution < 1.29 is 0 Å². The fraction of sp³-hybridized carbons (Fsp3) is 1.00. The Morgan fingerprint density at radius 3 is 0.667 bits per heavy atom. The Morgan fingerprint density at radius 2 is 0.524 bits per heavy atom. The summed E-state index contributed by atoms with van der Waals surface area (Å²) in [5.41, 5.74) is 8.36. The van der Waals surface area contributed by atoms with Crippen LogP contribution in [0.3, 0.4) is 0 Å². The molecule has 0 aromatic heterocycles. The summed E-state index contributed by atoms with van der Waals surface area (Å²) in [5.74, 6) is 2.18. The number of nitrogens with zero attached hydrogens (tertiary/aromatic N) is 2. The number of halogens is 4. The SMILES string of the molecule is CC(C)[Si](C(C)C)(C(C)C)N(CCCC(C)(CCSCCC(C)(CCCN([Si](C(C)C)(C(C)C)C(C)C)[Si](C(C)C)(C(C)C)C(C)C)[Si](Cl)Cl)[Si](Cl)Cl)[Si](C(C)C)(C(C)C)C(C)C. The van der Waals surface area contributed by atoms with E-state index in [1.54, 1.807) is 0 Å². The maximum atomic E-state index is 7.11. The number of thioether (sulfide) groups is 1. The van der Waals surface area contributed by atoms with E-state index in [1.807, 2.05) is 0 Å². The Balaban J connectivity index is 6.48. The zero-order valence-electron chi connectivity index (χ0n) is 46.8. The van der Waals surface area contributed by atoms with E-state index in [0.717, 1.165) is 37.2 Å². The van der Waals surface area contributed by atoms with Crippen LogP contribution in [0.25, 0.3) is 0 Å². The van der Waals surface area contributed by atoms with Crippen LogP contribution in [0.4, 0.5) is 0 Å². The van der Waals surface area contributed by atoms with Crippen LogP contribution in [0.1, 0.15) is 219 Å². The average Bonchev–Trinajstić information content (AvgIpc) is 3.10. The van der Waals surface area contributed by atoms with Crippen molar-refractivity contribution in [2.24, 2.45) is 0 Å². The molecule has 13 heteroatoms. The molecule has 0 fully saturated rings. The highest BCUT2D eigenvalue weighted by molar-refractivity contribution is 7.99. The quantitative estimate of drug-likeness (QED) is 0.0377. The molecular weight excluding hydrogens is 971 g/mol. The first-order valence-electron chi connectivity index (χ1n) is 26.1. The van der Waals surface area contributed by atoms with E-state index in [0.29, 0.717) is 66.5 Å². The summed E-state index contributed by atoms with van der Waals surface area (Å²) in [6, 6.07) is 0. The van der Waals surface area contributed by atoms with Crippen LogP contribution in [-0.4, -0.2) is 80.8 Å². The van der Waals surface area contributed by atoms with Crippen LogP contribution in [0.5, 0.6) is 0 Å². The van der Waals surface area contributed by atoms with E-state index in [1.165, 1.54) is 25.9 Å². The zero-order valence-corrected chi connectivity index (χ0v) is 56.7. The molecule has 2 nitrogen and oxygen atoms in total. The topological polar surface area (TPSA) is 6.48 Å². The largest absolute Gasteiger partial charge is 0.344 e. The molecule has 378 valence electrons. The molecule has 2 unspecified atom stereocenters. The third-order valence-electron chi connectivity index (χ3n) is 17.7. The molecule has 0 aliphatic heterocycles. The molecule has 0 bridgehead atoms. The van der Waals surface area contributed by atoms with E-state index in [2.05, 4.69) is 200 Å². The normalized spacial score (nSPS) is 16.5. The molecule has 63 heavy (non-hydrogen) atoms. The lowest BCUT2D eigenvalue weighted by atomic mass is 10.0. The second-order valence-electron chi connectivity index (χ2n) is 24.7. The first-order chi connectivity index (χ1) is 28.6. The molecule has 0 amide bonds. The Labute approximate surface area is 428 Å². The third-order valence-corrected chi connectivity index (χ3v) is 58.5. The predicted molar refractivity (Wildman–Crippen MR) is 314 cm³/mol. The maximum absolute atomic E-state index is 7.11. The highest BCUT2D eigenvalue weighted by atomic mass is 35.7. The molecule has 0 aromatic rings. The molecule has 0 saturated heterocycles. The van der Waals surface area contributed by atoms with Crippen LogP contribution in [0.2, 0.25) is 76.6 Å². The summed E-state index contributed by atoms with van der Waals surface area (Å²) >= 11 is 30.5. The summed E-state index contributed by atoms with van der Waals surface area (Å²) in [6.07, 6.45) is 6.72. The van der Waals surface area contributed by atoms with Crippen LogP contribution in [-0.2, 0) is 0 Å². The van der Waals surface area contributed by atoms with Gasteiger partial charge in [0.2, 0.25) is 0 Å². The zero-order chi connectivity index (χ0) is 50.0. The minimum atomic E-state index is -1.92. The molecule has 2 atom stereocenters. The van der Waals surface area contributed by atoms with Gasteiger partial charge in [0.05, 0.1) is 0 Å². The van der Waals surface area contributed by atoms with Crippen molar-refractivity contribution in [1.29, 1.82) is 0 Å². The summed E-state index contributed by atoms with van der Waals surface area (Å²) < 4.78 is 6.68. The average molecular weight is 1080 g/mol. The van der Waals surface area contributed by atoms with E-state index in [-0.39, 0.29) is 10.1 Å². The van der Waals surface area contributed by atoms with Crippen molar-refractivity contribution >= 4 is 104 Å². The van der Waals surface area contributed by atoms with Crippen LogP contribution >= 0.6 is 56.1 Å². The second kappa shape index (κ2) is 27.5. The molecule has 0 aromatic carbocycles. The fourth-order valence-electron chi connectivity index (χ4n) is 15.8. The van der Waals surface area contributed by atoms with Gasteiger partial charge in [0.1, 0.15) is 32.9 Å². The minimum Gasteiger partial charge on any atom is -0.344 e. The maximum Gasteiger partial charge on any atom is 0.279 e. The molecule has 0 rings (SSSR count). The van der Waals surface area contributed by atoms with Gasteiger partial charge >= 0.3 is 0 Å². The molecule has 2 radical (unpaired) electrons. The second-order valence-corrected chi connectivity index (χ2v) is 59.1. The summed E-state index contributed by atoms with van der Waals surface area (Å²) in [7, 11) is -10.8. The third kappa shape index (κ3) is 14.0. The Kier molecular flexibility index (Phi) is 28.7. The summed E-state index contributed by atoms with van der Waals surface area (Å²) in [6.45, 7) is 68.8. The Hall–Kier alpha value is 2.73. The Bertz CT molecular complexity index is 1040. The summed E-state index contributed by atoms with van der Waals surface area (Å²) in [5, 5.41) is -0.0520. The molecule has 0 saturated carbocycles. The van der Waals surface area contributed by atoms with Gasteiger partial charge in [0.15, 0.2) is 0 Å². The first-order valence-corrected chi connectivity index (χ1v) is 43.0. The van der Waals surface area contributed by atoms with Gasteiger partial charge in [0, 0.05) is 0 Å². The number of hydrogen-bond donors (Lipinski definition) is 0. The van der Waals surface area contributed by atoms with Crippen molar-refractivity contribution in [2.75, 3.05) is 24.6 Å². The van der Waals surface area contributed by atoms with Crippen LogP contribution in [0.15, 0.2) is 0 Å². The van der Waals surface area contributed by atoms with Crippen molar-refractivity contribution in [1.82, 2.24) is 8.46 Å². The van der Waals surface area contributed by atoms with E-state index in [9.17, 15) is 0 Å². The van der Waals surface area contributed by atoms with E-state index >= 15 is 0 Å². The van der Waals surface area contributed by atoms with Gasteiger partial charge in [-0.05, 0) is 140 Å². The van der Waals surface area contributed by atoms with Gasteiger partial charge in [-0.3, -0.25) is 0 Å². The van der Waals surface area contributed by atoms with Crippen molar-refractivity contribution in [3.8, 4) is 0 Å². The lowest BCUT2D eigenvalue weighted by Gasteiger charge is -2.63. The molecule has 0 aliphatic rings. The predicted octanol–water partition coefficient (Wildman–Crippen LogP) is 20.8. The highest BCUT2D eigenvalue weighted by Gasteiger charge is 2.61. The standard InChI is InChI=1S/C50H110Cl4N2SSi6/c1-37(2)60(38(3)4,39(5)6)55(61(40(7)8,41(9)10)42(11)12)33-27-29-49(25,58(51)52)31-35-57-36-32-50(26,59(53)54)30-28-34-56(62(43(13)14,44(15)16)45(17)18)63(46(19)20,47(21)22)48(23)24/h37-48H,27-36H2,1-26H3. The fourth-order valence-corrected chi connectivity index (χ4v) is 61.5. The van der Waals surface area contributed by atoms with Gasteiger partial charge in [-0.25, -0.2) is 0 Å². The minimum absolute atomic E-state index is 0.0260. The highest BCUT2D eigenvalue weighted by Crippen LogP contribution is 2.56. The number of hydrogen-bond acceptors (Lipinski definition) is 3. The lowest BCUT2D eigenvalue weighted by molar-refractivity contribution is 0.439. The van der Waals surface area contributed by atoms with E-state index < -0.39 is 47.8 Å². The molecule has 0 N–H and O–H groups in total. The first kappa shape index (κ1) is 65.7. The summed E-state index contributed by atoms with van der Waals surface area (Å²) in [4.78, 5) is 0. The van der Waals surface area contributed by atoms with Gasteiger partial charge in [-0.15, -0.1) is 44.3 Å². The lowest BCUT2D eigenvalue weighted by Crippen LogP contribution is -2.74. The molecule has 0 aliphatic carbocycles. The van der Waals surface area contributed by atoms with Crippen LogP contribution in [0, 0.1) is 0 Å².